The van der Waals surface area contributed by atoms with E-state index in [2.05, 4.69) is 31.0 Å². The van der Waals surface area contributed by atoms with Crippen molar-refractivity contribution in [3.8, 4) is 11.3 Å². The maximum absolute atomic E-state index is 4.21. The van der Waals surface area contributed by atoms with Crippen LogP contribution in [0.15, 0.2) is 42.7 Å². The van der Waals surface area contributed by atoms with Crippen molar-refractivity contribution in [3.63, 3.8) is 0 Å². The van der Waals surface area contributed by atoms with Crippen molar-refractivity contribution in [1.82, 2.24) is 35.7 Å². The fraction of sp³-hybridized carbons (Fsp3) is 0.231. The number of hydrogen-bond acceptors (Lipinski definition) is 5. The summed E-state index contributed by atoms with van der Waals surface area (Å²) in [7, 11) is 0. The minimum atomic E-state index is 0.662. The van der Waals surface area contributed by atoms with Crippen LogP contribution in [0.1, 0.15) is 5.69 Å². The predicted octanol–water partition coefficient (Wildman–Crippen LogP) is 0.853. The zero-order valence-electron chi connectivity index (χ0n) is 10.9. The molecule has 0 fully saturated rings. The topological polar surface area (TPSA) is 84.3 Å². The lowest BCUT2D eigenvalue weighted by molar-refractivity contribution is 0.537. The Hall–Kier alpha value is -2.54. The molecule has 0 radical (unpaired) electrons. The molecule has 2 aromatic heterocycles. The molecule has 7 nitrogen and oxygen atoms in total. The summed E-state index contributed by atoms with van der Waals surface area (Å²) in [5.41, 5.74) is 2.86. The van der Waals surface area contributed by atoms with Crippen molar-refractivity contribution in [1.29, 1.82) is 0 Å². The zero-order valence-corrected chi connectivity index (χ0v) is 10.9. The third-order valence-electron chi connectivity index (χ3n) is 2.95. The number of hydrogen-bond donors (Lipinski definition) is 2. The number of nitrogens with zero attached hydrogens (tertiary/aromatic N) is 5. The summed E-state index contributed by atoms with van der Waals surface area (Å²) < 4.78 is 1.79. The van der Waals surface area contributed by atoms with Crippen molar-refractivity contribution < 1.29 is 0 Å². The summed E-state index contributed by atoms with van der Waals surface area (Å²) >= 11 is 0. The molecule has 0 unspecified atom stereocenters. The monoisotopic (exact) mass is 269 g/mol. The first-order valence-corrected chi connectivity index (χ1v) is 6.43. The van der Waals surface area contributed by atoms with Gasteiger partial charge in [0.25, 0.3) is 0 Å². The van der Waals surface area contributed by atoms with Gasteiger partial charge >= 0.3 is 0 Å². The van der Waals surface area contributed by atoms with Crippen LogP contribution in [-0.2, 0) is 13.1 Å². The first-order chi connectivity index (χ1) is 9.93. The summed E-state index contributed by atoms with van der Waals surface area (Å²) in [5.74, 6) is 0. The molecule has 2 heterocycles. The molecular formula is C13H15N7. The van der Waals surface area contributed by atoms with E-state index in [1.54, 1.807) is 10.9 Å². The van der Waals surface area contributed by atoms with Crippen LogP contribution in [0.2, 0.25) is 0 Å². The first-order valence-electron chi connectivity index (χ1n) is 6.43. The molecule has 3 aromatic rings. The van der Waals surface area contributed by atoms with E-state index in [-0.39, 0.29) is 0 Å². The molecule has 0 aliphatic rings. The third kappa shape index (κ3) is 2.89. The molecule has 0 spiro atoms. The number of benzene rings is 1. The van der Waals surface area contributed by atoms with E-state index in [1.807, 2.05) is 36.5 Å². The van der Waals surface area contributed by atoms with E-state index in [4.69, 9.17) is 0 Å². The Labute approximate surface area is 116 Å². The van der Waals surface area contributed by atoms with Gasteiger partial charge in [-0.25, -0.2) is 0 Å². The second-order valence-electron chi connectivity index (χ2n) is 4.33. The summed E-state index contributed by atoms with van der Waals surface area (Å²) in [6.07, 6.45) is 3.51. The molecule has 0 bridgehead atoms. The van der Waals surface area contributed by atoms with E-state index in [9.17, 15) is 0 Å². The fourth-order valence-electron chi connectivity index (χ4n) is 1.96. The third-order valence-corrected chi connectivity index (χ3v) is 2.95. The highest BCUT2D eigenvalue weighted by Gasteiger charge is 2.09. The van der Waals surface area contributed by atoms with Crippen molar-refractivity contribution in [2.75, 3.05) is 6.54 Å². The average Bonchev–Trinajstić information content (AvgIpc) is 3.16. The highest BCUT2D eigenvalue weighted by atomic mass is 15.4. The van der Waals surface area contributed by atoms with Crippen LogP contribution in [0, 0.1) is 0 Å². The summed E-state index contributed by atoms with van der Waals surface area (Å²) in [6, 6.07) is 10.0. The fourth-order valence-corrected chi connectivity index (χ4v) is 1.96. The van der Waals surface area contributed by atoms with Gasteiger partial charge in [-0.15, -0.1) is 5.10 Å². The molecular weight excluding hydrogens is 254 g/mol. The molecule has 102 valence electrons. The van der Waals surface area contributed by atoms with Gasteiger partial charge in [-0.2, -0.15) is 15.4 Å². The van der Waals surface area contributed by atoms with Gasteiger partial charge in [-0.1, -0.05) is 35.5 Å². The molecule has 0 saturated heterocycles. The molecule has 20 heavy (non-hydrogen) atoms. The Morgan fingerprint density at radius 2 is 2.05 bits per heavy atom. The van der Waals surface area contributed by atoms with Crippen molar-refractivity contribution in [3.05, 3.63) is 48.4 Å². The lowest BCUT2D eigenvalue weighted by Gasteiger charge is -2.04. The molecule has 1 aromatic carbocycles. The smallest absolute Gasteiger partial charge is 0.117 e. The van der Waals surface area contributed by atoms with E-state index in [1.165, 1.54) is 0 Å². The predicted molar refractivity (Wildman–Crippen MR) is 73.5 cm³/mol. The van der Waals surface area contributed by atoms with Crippen LogP contribution >= 0.6 is 0 Å². The number of aromatic amines is 1. The number of H-pyrrole nitrogens is 1. The molecule has 0 aliphatic heterocycles. The molecule has 7 heteroatoms. The van der Waals surface area contributed by atoms with Crippen LogP contribution in [0.4, 0.5) is 0 Å². The Morgan fingerprint density at radius 3 is 2.85 bits per heavy atom. The van der Waals surface area contributed by atoms with Crippen molar-refractivity contribution in [2.24, 2.45) is 0 Å². The lowest BCUT2D eigenvalue weighted by Crippen LogP contribution is -2.20. The minimum absolute atomic E-state index is 0.662. The summed E-state index contributed by atoms with van der Waals surface area (Å²) in [6.45, 7) is 2.23. The maximum Gasteiger partial charge on any atom is 0.117 e. The van der Waals surface area contributed by atoms with Crippen molar-refractivity contribution >= 4 is 0 Å². The Balaban J connectivity index is 1.57. The van der Waals surface area contributed by atoms with Gasteiger partial charge in [-0.3, -0.25) is 4.68 Å². The van der Waals surface area contributed by atoms with Gasteiger partial charge < -0.3 is 5.32 Å². The van der Waals surface area contributed by atoms with E-state index in [0.717, 1.165) is 30.0 Å². The van der Waals surface area contributed by atoms with Crippen LogP contribution < -0.4 is 5.32 Å². The molecule has 0 atom stereocenters. The SMILES string of the molecule is c1ccc(-c2n[nH]nc2CNCCn2ccnn2)cc1. The molecule has 0 aliphatic carbocycles. The van der Waals surface area contributed by atoms with E-state index >= 15 is 0 Å². The molecule has 2 N–H and O–H groups in total. The standard InChI is InChI=1S/C13H15N7/c1-2-4-11(5-3-1)13-12(16-18-17-13)10-14-6-8-20-9-7-15-19-20/h1-5,7,9,14H,6,8,10H2,(H,16,17,18). The van der Waals surface area contributed by atoms with Gasteiger partial charge in [0.15, 0.2) is 0 Å². The van der Waals surface area contributed by atoms with Crippen molar-refractivity contribution in [2.45, 2.75) is 13.1 Å². The van der Waals surface area contributed by atoms with Gasteiger partial charge in [0.05, 0.1) is 12.7 Å². The van der Waals surface area contributed by atoms with Crippen LogP contribution in [0.3, 0.4) is 0 Å². The quantitative estimate of drug-likeness (QED) is 0.648. The van der Waals surface area contributed by atoms with Gasteiger partial charge in [0.1, 0.15) is 11.4 Å². The second-order valence-corrected chi connectivity index (χ2v) is 4.33. The zero-order chi connectivity index (χ0) is 13.6. The number of nitrogens with one attached hydrogen (secondary N) is 2. The second kappa shape index (κ2) is 6.07. The average molecular weight is 269 g/mol. The largest absolute Gasteiger partial charge is 0.309 e. The Morgan fingerprint density at radius 1 is 1.15 bits per heavy atom. The van der Waals surface area contributed by atoms with E-state index < -0.39 is 0 Å². The Kier molecular flexibility index (Phi) is 3.79. The lowest BCUT2D eigenvalue weighted by atomic mass is 10.1. The molecule has 0 amide bonds. The summed E-state index contributed by atoms with van der Waals surface area (Å²) in [5, 5.41) is 22.1. The highest BCUT2D eigenvalue weighted by Crippen LogP contribution is 2.18. The van der Waals surface area contributed by atoms with E-state index in [0.29, 0.717) is 6.54 Å². The Bertz CT molecular complexity index is 630. The number of rotatable bonds is 6. The molecule has 3 rings (SSSR count). The highest BCUT2D eigenvalue weighted by molar-refractivity contribution is 5.60. The first kappa shape index (κ1) is 12.5. The molecule has 0 saturated carbocycles. The van der Waals surface area contributed by atoms with Gasteiger partial charge in [0, 0.05) is 24.8 Å². The van der Waals surface area contributed by atoms with Gasteiger partial charge in [0.2, 0.25) is 0 Å². The van der Waals surface area contributed by atoms with Crippen LogP contribution in [0.25, 0.3) is 11.3 Å². The van der Waals surface area contributed by atoms with Gasteiger partial charge in [-0.05, 0) is 0 Å². The van der Waals surface area contributed by atoms with Crippen LogP contribution in [0.5, 0.6) is 0 Å². The normalized spacial score (nSPS) is 10.8. The summed E-state index contributed by atoms with van der Waals surface area (Å²) in [4.78, 5) is 0. The maximum atomic E-state index is 4.21. The van der Waals surface area contributed by atoms with Crippen LogP contribution in [-0.4, -0.2) is 36.9 Å². The number of aromatic nitrogens is 6. The minimum Gasteiger partial charge on any atom is -0.309 e.